The Hall–Kier alpha value is -0.240. The molecule has 1 aliphatic rings. The molecule has 0 saturated carbocycles. The monoisotopic (exact) mass is 186 g/mol. The molecular formula is C8H14N2OS. The van der Waals surface area contributed by atoms with Gasteiger partial charge in [-0.15, -0.1) is 0 Å². The molecule has 0 aliphatic carbocycles. The molecule has 12 heavy (non-hydrogen) atoms. The van der Waals surface area contributed by atoms with Gasteiger partial charge in [0.05, 0.1) is 12.7 Å². The third-order valence-corrected chi connectivity index (χ3v) is 2.43. The largest absolute Gasteiger partial charge is 0.317 e. The van der Waals surface area contributed by atoms with Gasteiger partial charge >= 0.3 is 0 Å². The highest BCUT2D eigenvalue weighted by Gasteiger charge is 2.23. The molecule has 0 N–H and O–H groups in total. The highest BCUT2D eigenvalue weighted by Crippen LogP contribution is 2.17. The van der Waals surface area contributed by atoms with Crippen LogP contribution in [0, 0.1) is 11.3 Å². The Balaban J connectivity index is 2.26. The van der Waals surface area contributed by atoms with Crippen LogP contribution < -0.4 is 0 Å². The van der Waals surface area contributed by atoms with Crippen molar-refractivity contribution in [1.82, 2.24) is 4.90 Å². The van der Waals surface area contributed by atoms with Gasteiger partial charge in [0.25, 0.3) is 0 Å². The summed E-state index contributed by atoms with van der Waals surface area (Å²) in [4.78, 5) is 2.31. The first kappa shape index (κ1) is 9.85. The van der Waals surface area contributed by atoms with Gasteiger partial charge in [-0.2, -0.15) is 5.26 Å². The Bertz CT molecular complexity index is 169. The highest BCUT2D eigenvalue weighted by atomic mass is 32.1. The van der Waals surface area contributed by atoms with Crippen molar-refractivity contribution in [3.63, 3.8) is 0 Å². The van der Waals surface area contributed by atoms with Crippen molar-refractivity contribution in [2.45, 2.75) is 25.3 Å². The van der Waals surface area contributed by atoms with E-state index < -0.39 is 0 Å². The molecule has 0 radical (unpaired) electrons. The van der Waals surface area contributed by atoms with Crippen molar-refractivity contribution in [2.24, 2.45) is 0 Å². The predicted octanol–water partition coefficient (Wildman–Crippen LogP) is 1.23. The third kappa shape index (κ3) is 2.67. The quantitative estimate of drug-likeness (QED) is 0.530. The summed E-state index contributed by atoms with van der Waals surface area (Å²) in [6, 6.07) is 2.64. The van der Waals surface area contributed by atoms with E-state index in [9.17, 15) is 0 Å². The number of likely N-dealkylation sites (tertiary alicyclic amines) is 1. The van der Waals surface area contributed by atoms with Crippen LogP contribution in [0.25, 0.3) is 0 Å². The minimum atomic E-state index is 0.482. The minimum Gasteiger partial charge on any atom is -0.317 e. The van der Waals surface area contributed by atoms with Gasteiger partial charge in [0.15, 0.2) is 0 Å². The molecule has 1 rings (SSSR count). The molecule has 1 atom stereocenters. The molecular weight excluding hydrogens is 172 g/mol. The first-order valence-electron chi connectivity index (χ1n) is 4.26. The van der Waals surface area contributed by atoms with Crippen molar-refractivity contribution in [3.05, 3.63) is 0 Å². The van der Waals surface area contributed by atoms with E-state index >= 15 is 0 Å². The molecule has 0 aromatic heterocycles. The summed E-state index contributed by atoms with van der Waals surface area (Å²) in [6.45, 7) is 2.65. The van der Waals surface area contributed by atoms with E-state index in [0.29, 0.717) is 19.1 Å². The second-order valence-corrected chi connectivity index (χ2v) is 3.29. The lowest BCUT2D eigenvalue weighted by Crippen LogP contribution is -2.33. The van der Waals surface area contributed by atoms with Gasteiger partial charge in [-0.05, 0) is 32.3 Å². The Morgan fingerprint density at radius 1 is 1.67 bits per heavy atom. The molecule has 68 valence electrons. The second-order valence-electron chi connectivity index (χ2n) is 3.04. The maximum absolute atomic E-state index is 8.42. The summed E-state index contributed by atoms with van der Waals surface area (Å²) in [7, 11) is 0. The molecule has 1 aliphatic heterocycles. The van der Waals surface area contributed by atoms with Crippen LogP contribution in [-0.2, 0) is 4.18 Å². The SMILES string of the molecule is N#CCCN1CCCC1COS. The number of hydrogen-bond acceptors (Lipinski definition) is 4. The van der Waals surface area contributed by atoms with Gasteiger partial charge in [0.2, 0.25) is 0 Å². The number of nitriles is 1. The molecule has 1 heterocycles. The van der Waals surface area contributed by atoms with Crippen molar-refractivity contribution in [3.8, 4) is 6.07 Å². The van der Waals surface area contributed by atoms with E-state index in [4.69, 9.17) is 9.44 Å². The smallest absolute Gasteiger partial charge is 0.0766 e. The minimum absolute atomic E-state index is 0.482. The van der Waals surface area contributed by atoms with E-state index in [1.165, 1.54) is 12.8 Å². The fourth-order valence-corrected chi connectivity index (χ4v) is 1.83. The molecule has 1 saturated heterocycles. The lowest BCUT2D eigenvalue weighted by molar-refractivity contribution is 0.193. The van der Waals surface area contributed by atoms with Crippen molar-refractivity contribution in [1.29, 1.82) is 5.26 Å². The van der Waals surface area contributed by atoms with Crippen molar-refractivity contribution in [2.75, 3.05) is 19.7 Å². The Kier molecular flexibility index (Phi) is 4.44. The molecule has 0 aromatic rings. The summed E-state index contributed by atoms with van der Waals surface area (Å²) in [5.74, 6) is 0. The number of rotatable bonds is 4. The van der Waals surface area contributed by atoms with Crippen LogP contribution in [-0.4, -0.2) is 30.6 Å². The summed E-state index contributed by atoms with van der Waals surface area (Å²) in [6.07, 6.45) is 3.00. The lowest BCUT2D eigenvalue weighted by atomic mass is 10.2. The van der Waals surface area contributed by atoms with Crippen LogP contribution in [0.1, 0.15) is 19.3 Å². The van der Waals surface area contributed by atoms with Gasteiger partial charge < -0.3 is 4.18 Å². The zero-order valence-corrected chi connectivity index (χ0v) is 7.96. The maximum atomic E-state index is 8.42. The van der Waals surface area contributed by atoms with E-state index in [1.807, 2.05) is 0 Å². The van der Waals surface area contributed by atoms with E-state index in [0.717, 1.165) is 13.1 Å². The fraction of sp³-hybridized carbons (Fsp3) is 0.875. The van der Waals surface area contributed by atoms with E-state index in [-0.39, 0.29) is 0 Å². The summed E-state index contributed by atoms with van der Waals surface area (Å²) in [5.41, 5.74) is 0. The predicted molar refractivity (Wildman–Crippen MR) is 49.8 cm³/mol. The topological polar surface area (TPSA) is 36.3 Å². The number of nitrogens with zero attached hydrogens (tertiary/aromatic N) is 2. The first-order chi connectivity index (χ1) is 5.88. The average Bonchev–Trinajstić information content (AvgIpc) is 2.50. The van der Waals surface area contributed by atoms with E-state index in [1.54, 1.807) is 0 Å². The Morgan fingerprint density at radius 3 is 3.17 bits per heavy atom. The zero-order chi connectivity index (χ0) is 8.81. The standard InChI is InChI=1S/C8H14N2OS/c9-4-2-6-10-5-1-3-8(10)7-11-12/h8,12H,1-3,5-7H2. The fourth-order valence-electron chi connectivity index (χ4n) is 1.66. The summed E-state index contributed by atoms with van der Waals surface area (Å²) >= 11 is 3.74. The molecule has 1 unspecified atom stereocenters. The molecule has 0 aromatic carbocycles. The summed E-state index contributed by atoms with van der Waals surface area (Å²) < 4.78 is 4.81. The van der Waals surface area contributed by atoms with E-state index in [2.05, 4.69) is 23.9 Å². The molecule has 3 nitrogen and oxygen atoms in total. The van der Waals surface area contributed by atoms with Gasteiger partial charge in [-0.3, -0.25) is 4.90 Å². The second kappa shape index (κ2) is 5.41. The normalized spacial score (nSPS) is 24.2. The molecule has 4 heteroatoms. The third-order valence-electron chi connectivity index (χ3n) is 2.28. The Labute approximate surface area is 78.9 Å². The van der Waals surface area contributed by atoms with Gasteiger partial charge in [0, 0.05) is 19.0 Å². The molecule has 0 spiro atoms. The maximum Gasteiger partial charge on any atom is 0.0766 e. The highest BCUT2D eigenvalue weighted by molar-refractivity contribution is 7.75. The molecule has 0 amide bonds. The van der Waals surface area contributed by atoms with Gasteiger partial charge in [0.1, 0.15) is 0 Å². The number of hydrogen-bond donors (Lipinski definition) is 1. The lowest BCUT2D eigenvalue weighted by Gasteiger charge is -2.21. The van der Waals surface area contributed by atoms with Crippen LogP contribution in [0.2, 0.25) is 0 Å². The van der Waals surface area contributed by atoms with Gasteiger partial charge in [-0.1, -0.05) is 0 Å². The average molecular weight is 186 g/mol. The van der Waals surface area contributed by atoms with Crippen LogP contribution >= 0.6 is 12.9 Å². The van der Waals surface area contributed by atoms with Crippen LogP contribution in [0.3, 0.4) is 0 Å². The summed E-state index contributed by atoms with van der Waals surface area (Å²) in [5, 5.41) is 8.42. The first-order valence-corrected chi connectivity index (χ1v) is 4.62. The number of thiol groups is 1. The van der Waals surface area contributed by atoms with Crippen LogP contribution in [0.5, 0.6) is 0 Å². The Morgan fingerprint density at radius 2 is 2.50 bits per heavy atom. The van der Waals surface area contributed by atoms with Gasteiger partial charge in [-0.25, -0.2) is 0 Å². The van der Waals surface area contributed by atoms with Crippen molar-refractivity contribution >= 4 is 12.9 Å². The van der Waals surface area contributed by atoms with Crippen LogP contribution in [0.4, 0.5) is 0 Å². The molecule has 0 bridgehead atoms. The molecule has 1 fully saturated rings. The van der Waals surface area contributed by atoms with Crippen molar-refractivity contribution < 1.29 is 4.18 Å². The van der Waals surface area contributed by atoms with Crippen LogP contribution in [0.15, 0.2) is 0 Å². The zero-order valence-electron chi connectivity index (χ0n) is 7.07.